The fourth-order valence-electron chi connectivity index (χ4n) is 1.99. The number of carbonyl (C=O) groups is 3. The molecule has 3 atom stereocenters. The Morgan fingerprint density at radius 1 is 1.29 bits per heavy atom. The lowest BCUT2D eigenvalue weighted by Crippen LogP contribution is -2.31. The summed E-state index contributed by atoms with van der Waals surface area (Å²) in [6.07, 6.45) is 3.16. The average molecular weight is 239 g/mol. The highest BCUT2D eigenvalue weighted by Gasteiger charge is 2.30. The summed E-state index contributed by atoms with van der Waals surface area (Å²) in [7, 11) is 0. The molecule has 1 radical (unpaired) electrons. The Hall–Kier alpha value is -1.32. The van der Waals surface area contributed by atoms with Crippen LogP contribution in [0, 0.1) is 17.8 Å². The van der Waals surface area contributed by atoms with E-state index in [1.165, 1.54) is 0 Å². The zero-order valence-corrected chi connectivity index (χ0v) is 10.6. The second-order valence-corrected chi connectivity index (χ2v) is 4.26. The number of Topliss-reactive ketones (excluding diaryl/α,β-unsaturated/α-hetero) is 2. The summed E-state index contributed by atoms with van der Waals surface area (Å²) in [5.74, 6) is -2.03. The van der Waals surface area contributed by atoms with Crippen LogP contribution in [0.15, 0.2) is 0 Å². The highest BCUT2D eigenvalue weighted by molar-refractivity contribution is 6.38. The second-order valence-electron chi connectivity index (χ2n) is 4.26. The Morgan fingerprint density at radius 3 is 2.29 bits per heavy atom. The first kappa shape index (κ1) is 15.7. The van der Waals surface area contributed by atoms with Gasteiger partial charge in [-0.05, 0) is 5.92 Å². The first-order chi connectivity index (χ1) is 7.99. The highest BCUT2D eigenvalue weighted by atomic mass is 16.2. The van der Waals surface area contributed by atoms with Crippen molar-refractivity contribution in [3.05, 3.63) is 0 Å². The molecule has 0 fully saturated rings. The molecule has 0 heterocycles. The van der Waals surface area contributed by atoms with Gasteiger partial charge in [-0.25, -0.2) is 0 Å². The van der Waals surface area contributed by atoms with Gasteiger partial charge >= 0.3 is 0 Å². The van der Waals surface area contributed by atoms with Gasteiger partial charge in [-0.3, -0.25) is 14.4 Å². The summed E-state index contributed by atoms with van der Waals surface area (Å²) in [5, 5.41) is 0. The van der Waals surface area contributed by atoms with Gasteiger partial charge in [-0.2, -0.15) is 0 Å². The summed E-state index contributed by atoms with van der Waals surface area (Å²) < 4.78 is 0. The molecule has 0 bridgehead atoms. The SMILES string of the molecule is CCC(C(C)[C]=O)C(C)C(=O)C(=O)CCC=O. The van der Waals surface area contributed by atoms with E-state index < -0.39 is 17.5 Å². The van der Waals surface area contributed by atoms with Crippen molar-refractivity contribution in [3.8, 4) is 0 Å². The van der Waals surface area contributed by atoms with E-state index in [1.54, 1.807) is 13.8 Å². The molecule has 0 spiro atoms. The third-order valence-electron chi connectivity index (χ3n) is 3.12. The second kappa shape index (κ2) is 7.87. The van der Waals surface area contributed by atoms with Crippen molar-refractivity contribution in [1.29, 1.82) is 0 Å². The van der Waals surface area contributed by atoms with Crippen LogP contribution in [0.1, 0.15) is 40.0 Å². The first-order valence-electron chi connectivity index (χ1n) is 5.87. The smallest absolute Gasteiger partial charge is 0.201 e. The molecule has 17 heavy (non-hydrogen) atoms. The first-order valence-corrected chi connectivity index (χ1v) is 5.87. The zero-order chi connectivity index (χ0) is 13.4. The quantitative estimate of drug-likeness (QED) is 0.452. The molecule has 0 N–H and O–H groups in total. The number of ketones is 2. The van der Waals surface area contributed by atoms with Crippen LogP contribution in [0.2, 0.25) is 0 Å². The van der Waals surface area contributed by atoms with Gasteiger partial charge in [0, 0.05) is 24.7 Å². The summed E-state index contributed by atoms with van der Waals surface area (Å²) >= 11 is 0. The Labute approximate surface area is 102 Å². The Balaban J connectivity index is 4.60. The summed E-state index contributed by atoms with van der Waals surface area (Å²) in [4.78, 5) is 44.0. The largest absolute Gasteiger partial charge is 0.303 e. The van der Waals surface area contributed by atoms with Crippen molar-refractivity contribution < 1.29 is 19.2 Å². The van der Waals surface area contributed by atoms with Crippen LogP contribution in [-0.4, -0.2) is 24.1 Å². The molecule has 0 aromatic heterocycles. The Bertz CT molecular complexity index is 296. The molecule has 3 unspecified atom stereocenters. The normalized spacial score (nSPS) is 15.7. The summed E-state index contributed by atoms with van der Waals surface area (Å²) in [6.45, 7) is 5.22. The minimum absolute atomic E-state index is 0.0394. The third kappa shape index (κ3) is 4.59. The molecule has 0 aromatic rings. The molecular weight excluding hydrogens is 220 g/mol. The molecule has 4 heteroatoms. The maximum absolute atomic E-state index is 11.8. The van der Waals surface area contributed by atoms with Gasteiger partial charge < -0.3 is 4.79 Å². The highest BCUT2D eigenvalue weighted by Crippen LogP contribution is 2.24. The fourth-order valence-corrected chi connectivity index (χ4v) is 1.99. The van der Waals surface area contributed by atoms with Crippen LogP contribution in [0.3, 0.4) is 0 Å². The van der Waals surface area contributed by atoms with Crippen LogP contribution in [0.5, 0.6) is 0 Å². The molecule has 0 saturated heterocycles. The van der Waals surface area contributed by atoms with E-state index in [0.717, 1.165) is 0 Å². The van der Waals surface area contributed by atoms with Gasteiger partial charge in [-0.1, -0.05) is 27.2 Å². The van der Waals surface area contributed by atoms with Crippen molar-refractivity contribution in [1.82, 2.24) is 0 Å². The Morgan fingerprint density at radius 2 is 1.88 bits per heavy atom. The average Bonchev–Trinajstić information content (AvgIpc) is 2.35. The van der Waals surface area contributed by atoms with E-state index in [2.05, 4.69) is 0 Å². The molecule has 0 aliphatic carbocycles. The van der Waals surface area contributed by atoms with Crippen molar-refractivity contribution in [2.45, 2.75) is 40.0 Å². The Kier molecular flexibility index (Phi) is 7.26. The van der Waals surface area contributed by atoms with Gasteiger partial charge in [0.05, 0.1) is 0 Å². The predicted octanol–water partition coefficient (Wildman–Crippen LogP) is 1.51. The van der Waals surface area contributed by atoms with Crippen molar-refractivity contribution in [2.24, 2.45) is 17.8 Å². The van der Waals surface area contributed by atoms with Gasteiger partial charge in [0.1, 0.15) is 6.29 Å². The minimum atomic E-state index is -0.527. The van der Waals surface area contributed by atoms with Crippen LogP contribution >= 0.6 is 0 Å². The number of hydrogen-bond donors (Lipinski definition) is 0. The molecule has 0 aliphatic rings. The molecule has 0 rings (SSSR count). The van der Waals surface area contributed by atoms with Crippen LogP contribution in [0.25, 0.3) is 0 Å². The van der Waals surface area contributed by atoms with Crippen molar-refractivity contribution >= 4 is 24.1 Å². The van der Waals surface area contributed by atoms with Gasteiger partial charge in [0.2, 0.25) is 12.1 Å². The summed E-state index contributed by atoms with van der Waals surface area (Å²) in [5.41, 5.74) is 0. The van der Waals surface area contributed by atoms with E-state index in [-0.39, 0.29) is 24.7 Å². The monoisotopic (exact) mass is 239 g/mol. The topological polar surface area (TPSA) is 68.3 Å². The standard InChI is InChI=1S/C13H19O4/c1-4-11(9(2)8-15)10(3)13(17)12(16)6-5-7-14/h7,9-11H,4-6H2,1-3H3. The fraction of sp³-hybridized carbons (Fsp3) is 0.692. The molecule has 0 amide bonds. The third-order valence-corrected chi connectivity index (χ3v) is 3.12. The number of hydrogen-bond acceptors (Lipinski definition) is 4. The molecule has 0 aromatic carbocycles. The molecular formula is C13H19O4. The van der Waals surface area contributed by atoms with Gasteiger partial charge in [0.25, 0.3) is 0 Å². The minimum Gasteiger partial charge on any atom is -0.303 e. The van der Waals surface area contributed by atoms with E-state index >= 15 is 0 Å². The lowest BCUT2D eigenvalue weighted by molar-refractivity contribution is -0.140. The van der Waals surface area contributed by atoms with Crippen molar-refractivity contribution in [2.75, 3.05) is 0 Å². The van der Waals surface area contributed by atoms with Gasteiger partial charge in [-0.15, -0.1) is 0 Å². The summed E-state index contributed by atoms with van der Waals surface area (Å²) in [6, 6.07) is 0. The van der Waals surface area contributed by atoms with Crippen molar-refractivity contribution in [3.63, 3.8) is 0 Å². The number of carbonyl (C=O) groups excluding carboxylic acids is 4. The van der Waals surface area contributed by atoms with E-state index in [4.69, 9.17) is 0 Å². The number of rotatable bonds is 9. The maximum Gasteiger partial charge on any atom is 0.201 e. The molecule has 4 nitrogen and oxygen atoms in total. The van der Waals surface area contributed by atoms with E-state index in [1.807, 2.05) is 13.2 Å². The van der Waals surface area contributed by atoms with Crippen LogP contribution in [0.4, 0.5) is 0 Å². The van der Waals surface area contributed by atoms with E-state index in [0.29, 0.717) is 12.7 Å². The predicted molar refractivity (Wildman–Crippen MR) is 63.1 cm³/mol. The lowest BCUT2D eigenvalue weighted by Gasteiger charge is -2.23. The van der Waals surface area contributed by atoms with Gasteiger partial charge in [0.15, 0.2) is 5.78 Å². The van der Waals surface area contributed by atoms with E-state index in [9.17, 15) is 19.2 Å². The van der Waals surface area contributed by atoms with Crippen LogP contribution in [-0.2, 0) is 19.2 Å². The zero-order valence-electron chi connectivity index (χ0n) is 10.6. The maximum atomic E-state index is 11.8. The number of aldehydes is 1. The molecule has 0 aliphatic heterocycles. The van der Waals surface area contributed by atoms with Crippen LogP contribution < -0.4 is 0 Å². The molecule has 95 valence electrons. The lowest BCUT2D eigenvalue weighted by atomic mass is 9.79. The molecule has 0 saturated carbocycles.